The van der Waals surface area contributed by atoms with Gasteiger partial charge in [0.25, 0.3) is 0 Å². The van der Waals surface area contributed by atoms with E-state index in [1.165, 1.54) is 10.6 Å². The van der Waals surface area contributed by atoms with Crippen LogP contribution in [-0.2, 0) is 19.7 Å². The van der Waals surface area contributed by atoms with E-state index in [-0.39, 0.29) is 25.0 Å². The molecule has 0 bridgehead atoms. The first-order valence-electron chi connectivity index (χ1n) is 6.92. The number of rotatable bonds is 4. The second-order valence-corrected chi connectivity index (χ2v) is 7.24. The van der Waals surface area contributed by atoms with Crippen molar-refractivity contribution in [2.45, 2.75) is 25.4 Å². The van der Waals surface area contributed by atoms with Crippen LogP contribution >= 0.6 is 0 Å². The smallest absolute Gasteiger partial charge is 0.340 e. The summed E-state index contributed by atoms with van der Waals surface area (Å²) in [6.45, 7) is 0.248. The standard InChI is InChI=1S/C14H16N2O5S/c1-22(18,19)16-9-11(7-6-10-8-14(17)21-15-10)20-13-5-3-2-4-12(13)16/h2-5,11H,6-9H2,1H3/t11-/m0/s1. The van der Waals surface area contributed by atoms with Crippen molar-refractivity contribution in [1.82, 2.24) is 0 Å². The van der Waals surface area contributed by atoms with Gasteiger partial charge in [-0.25, -0.2) is 13.2 Å². The summed E-state index contributed by atoms with van der Waals surface area (Å²) >= 11 is 0. The summed E-state index contributed by atoms with van der Waals surface area (Å²) in [4.78, 5) is 15.5. The average molecular weight is 324 g/mol. The molecule has 0 aromatic heterocycles. The molecule has 0 fully saturated rings. The predicted molar refractivity (Wildman–Crippen MR) is 80.4 cm³/mol. The number of nitrogens with zero attached hydrogens (tertiary/aromatic N) is 2. The van der Waals surface area contributed by atoms with E-state index in [4.69, 9.17) is 4.74 Å². The number of carbonyl (C=O) groups excluding carboxylic acids is 1. The zero-order chi connectivity index (χ0) is 15.7. The highest BCUT2D eigenvalue weighted by molar-refractivity contribution is 7.92. The Hall–Kier alpha value is -2.09. The van der Waals surface area contributed by atoms with Gasteiger partial charge in [0.2, 0.25) is 10.0 Å². The van der Waals surface area contributed by atoms with E-state index in [9.17, 15) is 13.2 Å². The number of benzene rings is 1. The molecule has 7 nitrogen and oxygen atoms in total. The van der Waals surface area contributed by atoms with Gasteiger partial charge >= 0.3 is 5.97 Å². The Morgan fingerprint density at radius 3 is 2.82 bits per heavy atom. The molecule has 1 aromatic rings. The Labute approximate surface area is 128 Å². The molecular weight excluding hydrogens is 308 g/mol. The molecule has 0 unspecified atom stereocenters. The molecule has 2 aliphatic heterocycles. The van der Waals surface area contributed by atoms with Crippen molar-refractivity contribution in [1.29, 1.82) is 0 Å². The number of hydrogen-bond acceptors (Lipinski definition) is 6. The highest BCUT2D eigenvalue weighted by Crippen LogP contribution is 2.35. The van der Waals surface area contributed by atoms with Crippen LogP contribution < -0.4 is 9.04 Å². The molecule has 0 radical (unpaired) electrons. The number of fused-ring (bicyclic) bond motifs is 1. The van der Waals surface area contributed by atoms with Crippen LogP contribution in [0.2, 0.25) is 0 Å². The van der Waals surface area contributed by atoms with Crippen molar-refractivity contribution in [3.05, 3.63) is 24.3 Å². The molecule has 1 atom stereocenters. The lowest BCUT2D eigenvalue weighted by atomic mass is 10.1. The number of anilines is 1. The number of hydrogen-bond donors (Lipinski definition) is 0. The van der Waals surface area contributed by atoms with Crippen molar-refractivity contribution >= 4 is 27.4 Å². The van der Waals surface area contributed by atoms with E-state index in [1.807, 2.05) is 0 Å². The summed E-state index contributed by atoms with van der Waals surface area (Å²) in [6, 6.07) is 7.05. The van der Waals surface area contributed by atoms with E-state index in [0.29, 0.717) is 30.0 Å². The van der Waals surface area contributed by atoms with Crippen molar-refractivity contribution in [2.75, 3.05) is 17.1 Å². The molecule has 3 rings (SSSR count). The third kappa shape index (κ3) is 3.06. The minimum Gasteiger partial charge on any atom is -0.486 e. The van der Waals surface area contributed by atoms with E-state index >= 15 is 0 Å². The normalized spacial score (nSPS) is 21.0. The maximum absolute atomic E-state index is 12.0. The molecule has 0 aliphatic carbocycles. The number of oxime groups is 1. The Balaban J connectivity index is 1.74. The second-order valence-electron chi connectivity index (χ2n) is 5.34. The van der Waals surface area contributed by atoms with Gasteiger partial charge in [-0.3, -0.25) is 4.31 Å². The molecule has 8 heteroatoms. The largest absolute Gasteiger partial charge is 0.486 e. The molecule has 2 heterocycles. The van der Waals surface area contributed by atoms with Gasteiger partial charge in [0.15, 0.2) is 0 Å². The SMILES string of the molecule is CS(=O)(=O)N1C[C@H](CCC2=NOC(=O)C2)Oc2ccccc21. The molecule has 1 aromatic carbocycles. The van der Waals surface area contributed by atoms with Crippen LogP contribution in [0.3, 0.4) is 0 Å². The highest BCUT2D eigenvalue weighted by Gasteiger charge is 2.31. The van der Waals surface area contributed by atoms with Crippen LogP contribution in [0.4, 0.5) is 5.69 Å². The van der Waals surface area contributed by atoms with E-state index in [2.05, 4.69) is 9.99 Å². The third-order valence-electron chi connectivity index (χ3n) is 3.58. The first-order chi connectivity index (χ1) is 10.4. The van der Waals surface area contributed by atoms with Crippen LogP contribution in [0.25, 0.3) is 0 Å². The van der Waals surface area contributed by atoms with Crippen molar-refractivity contribution in [3.63, 3.8) is 0 Å². The van der Waals surface area contributed by atoms with Crippen LogP contribution in [0.1, 0.15) is 19.3 Å². The Morgan fingerprint density at radius 1 is 1.36 bits per heavy atom. The molecule has 0 saturated carbocycles. The molecule has 22 heavy (non-hydrogen) atoms. The Kier molecular flexibility index (Phi) is 3.78. The lowest BCUT2D eigenvalue weighted by molar-refractivity contribution is -0.140. The van der Waals surface area contributed by atoms with Crippen molar-refractivity contribution in [3.8, 4) is 5.75 Å². The maximum Gasteiger partial charge on any atom is 0.340 e. The number of para-hydroxylation sites is 2. The van der Waals surface area contributed by atoms with Crippen molar-refractivity contribution < 1.29 is 22.8 Å². The Morgan fingerprint density at radius 2 is 2.14 bits per heavy atom. The molecule has 0 spiro atoms. The number of ether oxygens (including phenoxy) is 1. The lowest BCUT2D eigenvalue weighted by Crippen LogP contribution is -2.43. The van der Waals surface area contributed by atoms with E-state index in [0.717, 1.165) is 0 Å². The van der Waals surface area contributed by atoms with Crippen LogP contribution in [-0.4, -0.2) is 39.0 Å². The van der Waals surface area contributed by atoms with Gasteiger partial charge in [0, 0.05) is 0 Å². The maximum atomic E-state index is 12.0. The summed E-state index contributed by atoms with van der Waals surface area (Å²) in [6.07, 6.45) is 2.19. The summed E-state index contributed by atoms with van der Waals surface area (Å²) < 4.78 is 31.2. The molecular formula is C14H16N2O5S. The zero-order valence-electron chi connectivity index (χ0n) is 12.1. The van der Waals surface area contributed by atoms with Gasteiger partial charge in [-0.1, -0.05) is 17.3 Å². The van der Waals surface area contributed by atoms with Gasteiger partial charge in [0.1, 0.15) is 11.9 Å². The van der Waals surface area contributed by atoms with E-state index < -0.39 is 10.0 Å². The summed E-state index contributed by atoms with van der Waals surface area (Å²) in [5.41, 5.74) is 1.22. The minimum atomic E-state index is -3.37. The van der Waals surface area contributed by atoms with Gasteiger partial charge in [0.05, 0.1) is 30.6 Å². The number of carbonyl (C=O) groups is 1. The topological polar surface area (TPSA) is 85.3 Å². The first kappa shape index (κ1) is 14.8. The zero-order valence-corrected chi connectivity index (χ0v) is 12.9. The van der Waals surface area contributed by atoms with E-state index in [1.54, 1.807) is 24.3 Å². The predicted octanol–water partition coefficient (Wildman–Crippen LogP) is 1.30. The third-order valence-corrected chi connectivity index (χ3v) is 4.72. The van der Waals surface area contributed by atoms with Gasteiger partial charge in [-0.15, -0.1) is 0 Å². The van der Waals surface area contributed by atoms with Crippen LogP contribution in [0.5, 0.6) is 5.75 Å². The fraction of sp³-hybridized carbons (Fsp3) is 0.429. The molecule has 118 valence electrons. The highest BCUT2D eigenvalue weighted by atomic mass is 32.2. The second kappa shape index (κ2) is 5.60. The molecule has 0 saturated heterocycles. The summed E-state index contributed by atoms with van der Waals surface area (Å²) in [7, 11) is -3.37. The minimum absolute atomic E-state index is 0.194. The lowest BCUT2D eigenvalue weighted by Gasteiger charge is -2.34. The van der Waals surface area contributed by atoms with Gasteiger partial charge in [-0.2, -0.15) is 0 Å². The average Bonchev–Trinajstić information content (AvgIpc) is 2.89. The fourth-order valence-electron chi connectivity index (χ4n) is 2.54. The Bertz CT molecular complexity index is 729. The molecule has 0 N–H and O–H groups in total. The molecule has 2 aliphatic rings. The fourth-order valence-corrected chi connectivity index (χ4v) is 3.48. The quantitative estimate of drug-likeness (QED) is 0.779. The van der Waals surface area contributed by atoms with Crippen molar-refractivity contribution in [2.24, 2.45) is 5.16 Å². The first-order valence-corrected chi connectivity index (χ1v) is 8.77. The molecule has 0 amide bonds. The number of sulfonamides is 1. The summed E-state index contributed by atoms with van der Waals surface area (Å²) in [5, 5.41) is 3.69. The van der Waals surface area contributed by atoms with Crippen LogP contribution in [0, 0.1) is 0 Å². The van der Waals surface area contributed by atoms with Gasteiger partial charge < -0.3 is 9.57 Å². The van der Waals surface area contributed by atoms with Crippen LogP contribution in [0.15, 0.2) is 29.4 Å². The monoisotopic (exact) mass is 324 g/mol. The summed E-state index contributed by atoms with van der Waals surface area (Å²) in [5.74, 6) is 0.188. The van der Waals surface area contributed by atoms with Gasteiger partial charge in [-0.05, 0) is 25.0 Å².